The molecule has 0 radical (unpaired) electrons. The molecule has 2 aromatic heterocycles. The zero-order valence-electron chi connectivity index (χ0n) is 10.8. The molecule has 5 heteroatoms. The number of nitrogens with zero attached hydrogens (tertiary/aromatic N) is 3. The summed E-state index contributed by atoms with van der Waals surface area (Å²) < 4.78 is 5.26. The summed E-state index contributed by atoms with van der Waals surface area (Å²) in [6, 6.07) is 1.93. The van der Waals surface area contributed by atoms with Crippen molar-refractivity contribution in [2.75, 3.05) is 13.6 Å². The fourth-order valence-corrected chi connectivity index (χ4v) is 1.81. The SMILES string of the molecule is CCc1cnccc1-c1noc(CCCNC)n1. The number of nitrogens with one attached hydrogen (secondary N) is 1. The lowest BCUT2D eigenvalue weighted by Crippen LogP contribution is -2.08. The van der Waals surface area contributed by atoms with Crippen molar-refractivity contribution in [3.05, 3.63) is 29.9 Å². The van der Waals surface area contributed by atoms with Crippen LogP contribution < -0.4 is 5.32 Å². The van der Waals surface area contributed by atoms with E-state index in [4.69, 9.17) is 4.52 Å². The van der Waals surface area contributed by atoms with Gasteiger partial charge in [-0.15, -0.1) is 0 Å². The summed E-state index contributed by atoms with van der Waals surface area (Å²) in [6.07, 6.45) is 6.32. The second-order valence-corrected chi connectivity index (χ2v) is 4.11. The molecular weight excluding hydrogens is 228 g/mol. The molecule has 0 amide bonds. The number of hydrogen-bond acceptors (Lipinski definition) is 5. The van der Waals surface area contributed by atoms with E-state index in [2.05, 4.69) is 27.4 Å². The Morgan fingerprint density at radius 3 is 3.06 bits per heavy atom. The number of aryl methyl sites for hydroxylation is 2. The maximum Gasteiger partial charge on any atom is 0.227 e. The van der Waals surface area contributed by atoms with E-state index in [0.717, 1.165) is 36.9 Å². The first-order valence-corrected chi connectivity index (χ1v) is 6.25. The molecule has 18 heavy (non-hydrogen) atoms. The fourth-order valence-electron chi connectivity index (χ4n) is 1.81. The lowest BCUT2D eigenvalue weighted by molar-refractivity contribution is 0.375. The van der Waals surface area contributed by atoms with Crippen molar-refractivity contribution in [2.24, 2.45) is 0 Å². The molecule has 2 aromatic rings. The highest BCUT2D eigenvalue weighted by Crippen LogP contribution is 2.20. The van der Waals surface area contributed by atoms with E-state index >= 15 is 0 Å². The maximum atomic E-state index is 5.26. The predicted octanol–water partition coefficient (Wildman–Crippen LogP) is 1.85. The Kier molecular flexibility index (Phi) is 4.41. The van der Waals surface area contributed by atoms with E-state index in [1.165, 1.54) is 0 Å². The minimum Gasteiger partial charge on any atom is -0.339 e. The normalized spacial score (nSPS) is 10.8. The van der Waals surface area contributed by atoms with Crippen molar-refractivity contribution >= 4 is 0 Å². The molecule has 0 aliphatic carbocycles. The molecule has 5 nitrogen and oxygen atoms in total. The number of rotatable bonds is 6. The summed E-state index contributed by atoms with van der Waals surface area (Å²) in [5.74, 6) is 1.35. The summed E-state index contributed by atoms with van der Waals surface area (Å²) in [5.41, 5.74) is 2.15. The first-order chi connectivity index (χ1) is 8.85. The van der Waals surface area contributed by atoms with Gasteiger partial charge in [-0.25, -0.2) is 0 Å². The molecule has 0 bridgehead atoms. The van der Waals surface area contributed by atoms with E-state index in [0.29, 0.717) is 11.7 Å². The van der Waals surface area contributed by atoms with Crippen molar-refractivity contribution in [2.45, 2.75) is 26.2 Å². The largest absolute Gasteiger partial charge is 0.339 e. The van der Waals surface area contributed by atoms with Crippen LogP contribution in [0.2, 0.25) is 0 Å². The molecule has 2 rings (SSSR count). The van der Waals surface area contributed by atoms with Crippen LogP contribution in [0, 0.1) is 0 Å². The van der Waals surface area contributed by atoms with E-state index in [1.807, 2.05) is 19.3 Å². The third-order valence-corrected chi connectivity index (χ3v) is 2.81. The van der Waals surface area contributed by atoms with E-state index < -0.39 is 0 Å². The molecule has 1 N–H and O–H groups in total. The monoisotopic (exact) mass is 246 g/mol. The predicted molar refractivity (Wildman–Crippen MR) is 69.2 cm³/mol. The van der Waals surface area contributed by atoms with Crippen LogP contribution in [0.3, 0.4) is 0 Å². The summed E-state index contributed by atoms with van der Waals surface area (Å²) in [5, 5.41) is 7.14. The third-order valence-electron chi connectivity index (χ3n) is 2.81. The van der Waals surface area contributed by atoms with Crippen molar-refractivity contribution in [3.8, 4) is 11.4 Å². The van der Waals surface area contributed by atoms with E-state index in [1.54, 1.807) is 6.20 Å². The van der Waals surface area contributed by atoms with Gasteiger partial charge in [0.2, 0.25) is 11.7 Å². The highest BCUT2D eigenvalue weighted by molar-refractivity contribution is 5.58. The summed E-state index contributed by atoms with van der Waals surface area (Å²) in [4.78, 5) is 8.54. The van der Waals surface area contributed by atoms with Gasteiger partial charge >= 0.3 is 0 Å². The quantitative estimate of drug-likeness (QED) is 0.788. The third kappa shape index (κ3) is 2.92. The number of pyridine rings is 1. The van der Waals surface area contributed by atoms with Crippen LogP contribution in [0.15, 0.2) is 23.0 Å². The molecule has 0 aromatic carbocycles. The standard InChI is InChI=1S/C13H18N4O/c1-3-10-9-15-8-6-11(10)13-16-12(18-17-13)5-4-7-14-2/h6,8-9,14H,3-5,7H2,1-2H3. The van der Waals surface area contributed by atoms with Gasteiger partial charge < -0.3 is 9.84 Å². The maximum absolute atomic E-state index is 5.26. The summed E-state index contributed by atoms with van der Waals surface area (Å²) in [7, 11) is 1.93. The van der Waals surface area contributed by atoms with Gasteiger partial charge in [0.25, 0.3) is 0 Å². The van der Waals surface area contributed by atoms with Gasteiger partial charge in [0, 0.05) is 24.4 Å². The van der Waals surface area contributed by atoms with E-state index in [9.17, 15) is 0 Å². The minimum atomic E-state index is 0.661. The molecule has 2 heterocycles. The fraction of sp³-hybridized carbons (Fsp3) is 0.462. The molecule has 0 saturated carbocycles. The Hall–Kier alpha value is -1.75. The van der Waals surface area contributed by atoms with Crippen molar-refractivity contribution < 1.29 is 4.52 Å². The van der Waals surface area contributed by atoms with Gasteiger partial charge in [0.15, 0.2) is 0 Å². The average Bonchev–Trinajstić information content (AvgIpc) is 2.88. The lowest BCUT2D eigenvalue weighted by atomic mass is 10.1. The molecule has 96 valence electrons. The Morgan fingerprint density at radius 1 is 1.39 bits per heavy atom. The van der Waals surface area contributed by atoms with Crippen LogP contribution in [-0.2, 0) is 12.8 Å². The molecular formula is C13H18N4O. The van der Waals surface area contributed by atoms with E-state index in [-0.39, 0.29) is 0 Å². The smallest absolute Gasteiger partial charge is 0.227 e. The Morgan fingerprint density at radius 2 is 2.28 bits per heavy atom. The number of aromatic nitrogens is 3. The molecule has 0 fully saturated rings. The van der Waals surface area contributed by atoms with Crippen molar-refractivity contribution in [1.82, 2.24) is 20.4 Å². The van der Waals surface area contributed by atoms with Crippen LogP contribution in [0.1, 0.15) is 24.8 Å². The van der Waals surface area contributed by atoms with Crippen molar-refractivity contribution in [3.63, 3.8) is 0 Å². The molecule has 0 saturated heterocycles. The first-order valence-electron chi connectivity index (χ1n) is 6.25. The molecule has 0 unspecified atom stereocenters. The van der Waals surface area contributed by atoms with Gasteiger partial charge in [-0.05, 0) is 38.1 Å². The summed E-state index contributed by atoms with van der Waals surface area (Å²) in [6.45, 7) is 3.04. The van der Waals surface area contributed by atoms with Crippen molar-refractivity contribution in [1.29, 1.82) is 0 Å². The van der Waals surface area contributed by atoms with Crippen LogP contribution in [-0.4, -0.2) is 28.7 Å². The second-order valence-electron chi connectivity index (χ2n) is 4.11. The minimum absolute atomic E-state index is 0.661. The topological polar surface area (TPSA) is 63.8 Å². The highest BCUT2D eigenvalue weighted by atomic mass is 16.5. The van der Waals surface area contributed by atoms with Gasteiger partial charge in [-0.3, -0.25) is 4.98 Å². The van der Waals surface area contributed by atoms with Crippen LogP contribution >= 0.6 is 0 Å². The van der Waals surface area contributed by atoms with Crippen LogP contribution in [0.4, 0.5) is 0 Å². The molecule has 0 aliphatic rings. The van der Waals surface area contributed by atoms with Gasteiger partial charge in [0.1, 0.15) is 0 Å². The second kappa shape index (κ2) is 6.26. The molecule has 0 atom stereocenters. The molecule has 0 spiro atoms. The zero-order chi connectivity index (χ0) is 12.8. The van der Waals surface area contributed by atoms with Gasteiger partial charge in [0.05, 0.1) is 0 Å². The molecule has 0 aliphatic heterocycles. The van der Waals surface area contributed by atoms with Crippen LogP contribution in [0.25, 0.3) is 11.4 Å². The lowest BCUT2D eigenvalue weighted by Gasteiger charge is -2.00. The first kappa shape index (κ1) is 12.7. The van der Waals surface area contributed by atoms with Gasteiger partial charge in [-0.1, -0.05) is 12.1 Å². The zero-order valence-corrected chi connectivity index (χ0v) is 10.8. The van der Waals surface area contributed by atoms with Crippen LogP contribution in [0.5, 0.6) is 0 Å². The highest BCUT2D eigenvalue weighted by Gasteiger charge is 2.11. The average molecular weight is 246 g/mol. The Balaban J connectivity index is 2.13. The van der Waals surface area contributed by atoms with Gasteiger partial charge in [-0.2, -0.15) is 4.98 Å². The summed E-state index contributed by atoms with van der Waals surface area (Å²) >= 11 is 0. The Bertz CT molecular complexity index is 495. The number of hydrogen-bond donors (Lipinski definition) is 1. The Labute approximate surface area is 107 Å².